The number of halogens is 1. The molecule has 1 heterocycles. The van der Waals surface area contributed by atoms with Crippen LogP contribution in [0.2, 0.25) is 5.02 Å². The minimum absolute atomic E-state index is 0.0101. The number of nitriles is 1. The fourth-order valence-electron chi connectivity index (χ4n) is 2.30. The van der Waals surface area contributed by atoms with Gasteiger partial charge < -0.3 is 5.11 Å². The molecule has 0 amide bonds. The number of non-ortho nitro benzene ring substituents is 1. The van der Waals surface area contributed by atoms with Crippen molar-refractivity contribution in [2.75, 3.05) is 0 Å². The van der Waals surface area contributed by atoms with E-state index in [0.717, 1.165) is 10.6 Å². The van der Waals surface area contributed by atoms with Crippen LogP contribution in [0.25, 0.3) is 0 Å². The van der Waals surface area contributed by atoms with Crippen molar-refractivity contribution in [3.63, 3.8) is 0 Å². The number of hydrogen-bond acceptors (Lipinski definition) is 7. The third-order valence-corrected chi connectivity index (χ3v) is 3.93. The van der Waals surface area contributed by atoms with E-state index in [2.05, 4.69) is 10.2 Å². The first-order valence-electron chi connectivity index (χ1n) is 7.42. The Balaban J connectivity index is 2.62. The number of hydrogen-bond donors (Lipinski definition) is 1. The molecule has 1 aromatic carbocycles. The molecule has 1 aromatic heterocycles. The molecular weight excluding hydrogens is 362 g/mol. The van der Waals surface area contributed by atoms with E-state index < -0.39 is 22.4 Å². The molecule has 134 valence electrons. The first-order valence-corrected chi connectivity index (χ1v) is 7.80. The van der Waals surface area contributed by atoms with Gasteiger partial charge in [0, 0.05) is 23.7 Å². The van der Waals surface area contributed by atoms with Gasteiger partial charge >= 0.3 is 0 Å². The van der Waals surface area contributed by atoms with E-state index in [1.54, 1.807) is 13.8 Å². The van der Waals surface area contributed by atoms with Crippen molar-refractivity contribution < 1.29 is 10.0 Å². The number of nitrogens with zero attached hydrogens (tertiary/aromatic N) is 5. The Morgan fingerprint density at radius 2 is 2.04 bits per heavy atom. The molecule has 0 radical (unpaired) electrons. The molecule has 0 bridgehead atoms. The number of azo groups is 1. The van der Waals surface area contributed by atoms with Crippen LogP contribution >= 0.6 is 11.6 Å². The molecule has 0 spiro atoms. The lowest BCUT2D eigenvalue weighted by Crippen LogP contribution is -2.23. The largest absolute Gasteiger partial charge is 0.493 e. The maximum Gasteiger partial charge on any atom is 0.281 e. The molecule has 2 aromatic rings. The summed E-state index contributed by atoms with van der Waals surface area (Å²) >= 11 is 5.95. The van der Waals surface area contributed by atoms with Gasteiger partial charge in [-0.2, -0.15) is 5.26 Å². The number of benzene rings is 1. The summed E-state index contributed by atoms with van der Waals surface area (Å²) in [6.07, 6.45) is 0. The van der Waals surface area contributed by atoms with E-state index >= 15 is 0 Å². The standard InChI is InChI=1S/C16H14ClN5O4/c1-8(2)21-15(23)11(7-18)9(3)14(16(21)24)20-19-13-5-4-10(22(25)26)6-12(13)17/h4-6,8,23H,1-3H3. The Kier molecular flexibility index (Phi) is 5.38. The topological polar surface area (TPSA) is 134 Å². The minimum atomic E-state index is -0.615. The van der Waals surface area contributed by atoms with Crippen molar-refractivity contribution in [2.24, 2.45) is 10.2 Å². The molecule has 10 heteroatoms. The second-order valence-corrected chi connectivity index (χ2v) is 6.05. The molecule has 0 aliphatic heterocycles. The molecule has 26 heavy (non-hydrogen) atoms. The van der Waals surface area contributed by atoms with Gasteiger partial charge in [0.2, 0.25) is 5.88 Å². The fraction of sp³-hybridized carbons (Fsp3) is 0.250. The summed E-state index contributed by atoms with van der Waals surface area (Å²) in [5.74, 6) is -0.433. The third kappa shape index (κ3) is 3.41. The number of aromatic nitrogens is 1. The molecule has 0 aliphatic carbocycles. The molecule has 9 nitrogen and oxygen atoms in total. The number of nitro groups is 1. The summed E-state index contributed by atoms with van der Waals surface area (Å²) in [4.78, 5) is 22.7. The zero-order valence-corrected chi connectivity index (χ0v) is 14.9. The van der Waals surface area contributed by atoms with Crippen molar-refractivity contribution in [2.45, 2.75) is 26.8 Å². The Morgan fingerprint density at radius 3 is 2.54 bits per heavy atom. The Labute approximate surface area is 152 Å². The van der Waals surface area contributed by atoms with Crippen molar-refractivity contribution in [1.82, 2.24) is 4.57 Å². The average molecular weight is 376 g/mol. The van der Waals surface area contributed by atoms with E-state index in [-0.39, 0.29) is 33.2 Å². The van der Waals surface area contributed by atoms with Crippen LogP contribution in [0.4, 0.5) is 17.1 Å². The summed E-state index contributed by atoms with van der Waals surface area (Å²) in [6.45, 7) is 4.81. The fourth-order valence-corrected chi connectivity index (χ4v) is 2.51. The molecule has 0 unspecified atom stereocenters. The Bertz CT molecular complexity index is 1020. The lowest BCUT2D eigenvalue weighted by Gasteiger charge is -2.15. The predicted molar refractivity (Wildman–Crippen MR) is 94.5 cm³/mol. The molecule has 1 N–H and O–H groups in total. The monoisotopic (exact) mass is 375 g/mol. The highest BCUT2D eigenvalue weighted by atomic mass is 35.5. The van der Waals surface area contributed by atoms with Gasteiger partial charge in [-0.25, -0.2) is 0 Å². The lowest BCUT2D eigenvalue weighted by atomic mass is 10.1. The zero-order chi connectivity index (χ0) is 19.6. The first-order chi connectivity index (χ1) is 12.2. The van der Waals surface area contributed by atoms with Crippen LogP contribution in [0, 0.1) is 28.4 Å². The second-order valence-electron chi connectivity index (χ2n) is 5.65. The average Bonchev–Trinajstić information content (AvgIpc) is 2.55. The normalized spacial score (nSPS) is 11.1. The van der Waals surface area contributed by atoms with Crippen LogP contribution in [0.3, 0.4) is 0 Å². The van der Waals surface area contributed by atoms with Gasteiger partial charge in [-0.3, -0.25) is 19.5 Å². The Morgan fingerprint density at radius 1 is 1.38 bits per heavy atom. The van der Waals surface area contributed by atoms with Crippen molar-refractivity contribution >= 4 is 28.7 Å². The number of aromatic hydroxyl groups is 1. The smallest absolute Gasteiger partial charge is 0.281 e. The van der Waals surface area contributed by atoms with E-state index in [4.69, 9.17) is 11.6 Å². The highest BCUT2D eigenvalue weighted by molar-refractivity contribution is 6.33. The van der Waals surface area contributed by atoms with Crippen LogP contribution in [-0.4, -0.2) is 14.6 Å². The number of nitro benzene ring substituents is 1. The molecule has 0 aliphatic rings. The molecule has 2 rings (SSSR count). The first kappa shape index (κ1) is 19.1. The van der Waals surface area contributed by atoms with Crippen LogP contribution in [0.15, 0.2) is 33.2 Å². The van der Waals surface area contributed by atoms with Crippen molar-refractivity contribution in [3.05, 3.63) is 54.8 Å². The third-order valence-electron chi connectivity index (χ3n) is 3.63. The van der Waals surface area contributed by atoms with Gasteiger partial charge in [0.05, 0.1) is 9.95 Å². The quantitative estimate of drug-likeness (QED) is 0.483. The summed E-state index contributed by atoms with van der Waals surface area (Å²) in [5, 5.41) is 37.9. The van der Waals surface area contributed by atoms with E-state index in [1.165, 1.54) is 19.1 Å². The molecule has 0 atom stereocenters. The number of pyridine rings is 1. The SMILES string of the molecule is Cc1c(C#N)c(O)n(C(C)C)c(=O)c1N=Nc1ccc([N+](=O)[O-])cc1Cl. The number of rotatable bonds is 4. The Hall–Kier alpha value is -3.25. The highest BCUT2D eigenvalue weighted by Crippen LogP contribution is 2.32. The van der Waals surface area contributed by atoms with Gasteiger partial charge in [0.15, 0.2) is 5.69 Å². The van der Waals surface area contributed by atoms with Gasteiger partial charge in [0.1, 0.15) is 17.3 Å². The van der Waals surface area contributed by atoms with Crippen LogP contribution in [0.5, 0.6) is 5.88 Å². The van der Waals surface area contributed by atoms with Crippen molar-refractivity contribution in [1.29, 1.82) is 5.26 Å². The summed E-state index contributed by atoms with van der Waals surface area (Å²) in [7, 11) is 0. The van der Waals surface area contributed by atoms with Crippen molar-refractivity contribution in [3.8, 4) is 11.9 Å². The van der Waals surface area contributed by atoms with E-state index in [1.807, 2.05) is 6.07 Å². The summed E-state index contributed by atoms with van der Waals surface area (Å²) in [5.41, 5.74) is -0.726. The van der Waals surface area contributed by atoms with Gasteiger partial charge in [-0.05, 0) is 26.8 Å². The maximum atomic E-state index is 12.6. The van der Waals surface area contributed by atoms with Crippen LogP contribution < -0.4 is 5.56 Å². The molecule has 0 saturated heterocycles. The predicted octanol–water partition coefficient (Wildman–Crippen LogP) is 4.29. The van der Waals surface area contributed by atoms with E-state index in [9.17, 15) is 25.3 Å². The zero-order valence-electron chi connectivity index (χ0n) is 14.1. The highest BCUT2D eigenvalue weighted by Gasteiger charge is 2.20. The van der Waals surface area contributed by atoms with Crippen LogP contribution in [-0.2, 0) is 0 Å². The summed E-state index contributed by atoms with van der Waals surface area (Å²) < 4.78 is 1.04. The van der Waals surface area contributed by atoms with Crippen LogP contribution in [0.1, 0.15) is 31.0 Å². The molecule has 0 fully saturated rings. The molecule has 0 saturated carbocycles. The van der Waals surface area contributed by atoms with Gasteiger partial charge in [0.25, 0.3) is 11.2 Å². The lowest BCUT2D eigenvalue weighted by molar-refractivity contribution is -0.384. The maximum absolute atomic E-state index is 12.6. The summed E-state index contributed by atoms with van der Waals surface area (Å²) in [6, 6.07) is 5.05. The van der Waals surface area contributed by atoms with Gasteiger partial charge in [-0.15, -0.1) is 10.2 Å². The van der Waals surface area contributed by atoms with Gasteiger partial charge in [-0.1, -0.05) is 11.6 Å². The molecular formula is C16H14ClN5O4. The minimum Gasteiger partial charge on any atom is -0.493 e. The second kappa shape index (κ2) is 7.33. The van der Waals surface area contributed by atoms with E-state index in [0.29, 0.717) is 0 Å².